The van der Waals surface area contributed by atoms with E-state index in [2.05, 4.69) is 5.10 Å². The van der Waals surface area contributed by atoms with Crippen LogP contribution in [-0.4, -0.2) is 21.5 Å². The maximum atomic E-state index is 10.5. The highest BCUT2D eigenvalue weighted by Crippen LogP contribution is 2.29. The molecule has 0 saturated carbocycles. The van der Waals surface area contributed by atoms with Crippen LogP contribution in [-0.2, 0) is 13.5 Å². The number of nitrogens with zero attached hydrogens (tertiary/aromatic N) is 2. The van der Waals surface area contributed by atoms with Crippen LogP contribution in [0.25, 0.3) is 0 Å². The lowest BCUT2D eigenvalue weighted by Crippen LogP contribution is -2.06. The summed E-state index contributed by atoms with van der Waals surface area (Å²) in [5.41, 5.74) is 4.00. The number of aliphatic hydroxyl groups is 1. The summed E-state index contributed by atoms with van der Waals surface area (Å²) in [5.74, 6) is 0.752. The van der Waals surface area contributed by atoms with Gasteiger partial charge in [0.15, 0.2) is 0 Å². The second-order valence-corrected chi connectivity index (χ2v) is 4.96. The van der Waals surface area contributed by atoms with Gasteiger partial charge in [-0.05, 0) is 32.4 Å². The second-order valence-electron chi connectivity index (χ2n) is 4.96. The predicted molar refractivity (Wildman–Crippen MR) is 79.0 cm³/mol. The second kappa shape index (κ2) is 6.09. The maximum absolute atomic E-state index is 10.5. The van der Waals surface area contributed by atoms with Gasteiger partial charge < -0.3 is 9.84 Å². The van der Waals surface area contributed by atoms with Crippen molar-refractivity contribution in [2.75, 3.05) is 6.61 Å². The quantitative estimate of drug-likeness (QED) is 0.912. The van der Waals surface area contributed by atoms with E-state index in [0.29, 0.717) is 13.0 Å². The van der Waals surface area contributed by atoms with Crippen LogP contribution >= 0.6 is 0 Å². The fraction of sp³-hybridized carbons (Fsp3) is 0.438. The minimum atomic E-state index is -0.584. The van der Waals surface area contributed by atoms with E-state index in [0.717, 1.165) is 28.3 Å². The molecule has 1 N–H and O–H groups in total. The lowest BCUT2D eigenvalue weighted by Gasteiger charge is -2.16. The van der Waals surface area contributed by atoms with Crippen LogP contribution in [0.3, 0.4) is 0 Å². The Labute approximate surface area is 120 Å². The van der Waals surface area contributed by atoms with Gasteiger partial charge in [-0.2, -0.15) is 5.10 Å². The Kier molecular flexibility index (Phi) is 4.45. The molecule has 1 unspecified atom stereocenters. The van der Waals surface area contributed by atoms with Crippen LogP contribution in [0, 0.1) is 13.8 Å². The Morgan fingerprint density at radius 3 is 2.60 bits per heavy atom. The van der Waals surface area contributed by atoms with Crippen molar-refractivity contribution < 1.29 is 9.84 Å². The van der Waals surface area contributed by atoms with Gasteiger partial charge in [0.05, 0.1) is 18.4 Å². The molecule has 108 valence electrons. The van der Waals surface area contributed by atoms with Crippen molar-refractivity contribution in [2.45, 2.75) is 33.3 Å². The normalized spacial score (nSPS) is 12.4. The first-order chi connectivity index (χ1) is 9.54. The molecule has 1 heterocycles. The van der Waals surface area contributed by atoms with Crippen LogP contribution in [0.15, 0.2) is 24.3 Å². The molecule has 0 fully saturated rings. The van der Waals surface area contributed by atoms with Gasteiger partial charge in [0.1, 0.15) is 5.75 Å². The van der Waals surface area contributed by atoms with Gasteiger partial charge in [0, 0.05) is 24.7 Å². The molecule has 0 aliphatic rings. The van der Waals surface area contributed by atoms with Gasteiger partial charge in [0.2, 0.25) is 0 Å². The van der Waals surface area contributed by atoms with E-state index in [1.54, 1.807) is 0 Å². The molecule has 0 amide bonds. The van der Waals surface area contributed by atoms with Crippen LogP contribution < -0.4 is 4.74 Å². The van der Waals surface area contributed by atoms with Crippen LogP contribution in [0.5, 0.6) is 5.75 Å². The highest BCUT2D eigenvalue weighted by atomic mass is 16.5. The molecule has 0 aliphatic carbocycles. The number of hydrogen-bond donors (Lipinski definition) is 1. The molecule has 1 aromatic carbocycles. The number of hydrogen-bond acceptors (Lipinski definition) is 3. The maximum Gasteiger partial charge on any atom is 0.125 e. The lowest BCUT2D eigenvalue weighted by molar-refractivity contribution is 0.172. The number of aryl methyl sites for hydroxylation is 2. The summed E-state index contributed by atoms with van der Waals surface area (Å²) in [6, 6.07) is 7.65. The summed E-state index contributed by atoms with van der Waals surface area (Å²) in [4.78, 5) is 0. The number of para-hydroxylation sites is 1. The summed E-state index contributed by atoms with van der Waals surface area (Å²) in [6.45, 7) is 6.53. The van der Waals surface area contributed by atoms with Gasteiger partial charge in [-0.1, -0.05) is 18.2 Å². The number of aromatic nitrogens is 2. The van der Waals surface area contributed by atoms with E-state index >= 15 is 0 Å². The van der Waals surface area contributed by atoms with E-state index < -0.39 is 6.10 Å². The third kappa shape index (κ3) is 2.85. The minimum absolute atomic E-state index is 0.551. The average Bonchev–Trinajstić information content (AvgIpc) is 2.66. The number of rotatable bonds is 5. The van der Waals surface area contributed by atoms with E-state index in [-0.39, 0.29) is 0 Å². The predicted octanol–water partition coefficient (Wildman–Crippen LogP) is 2.71. The van der Waals surface area contributed by atoms with E-state index in [1.807, 2.05) is 56.8 Å². The fourth-order valence-corrected chi connectivity index (χ4v) is 2.46. The summed E-state index contributed by atoms with van der Waals surface area (Å²) in [7, 11) is 1.92. The summed E-state index contributed by atoms with van der Waals surface area (Å²) in [5, 5.41) is 14.9. The van der Waals surface area contributed by atoms with E-state index in [1.165, 1.54) is 0 Å². The Bertz CT molecular complexity index is 590. The van der Waals surface area contributed by atoms with Crippen molar-refractivity contribution >= 4 is 0 Å². The largest absolute Gasteiger partial charge is 0.493 e. The molecule has 4 heteroatoms. The van der Waals surface area contributed by atoms with Crippen molar-refractivity contribution in [1.29, 1.82) is 0 Å². The topological polar surface area (TPSA) is 47.3 Å². The molecular formula is C16H22N2O2. The van der Waals surface area contributed by atoms with E-state index in [4.69, 9.17) is 4.74 Å². The van der Waals surface area contributed by atoms with Crippen molar-refractivity contribution in [3.05, 3.63) is 46.8 Å². The molecule has 1 atom stereocenters. The molecular weight excluding hydrogens is 252 g/mol. The first kappa shape index (κ1) is 14.6. The Balaban J connectivity index is 2.26. The molecule has 0 radical (unpaired) electrons. The summed E-state index contributed by atoms with van der Waals surface area (Å²) >= 11 is 0. The SMILES string of the molecule is CCOc1ccccc1C(O)Cc1c(C)nn(C)c1C. The average molecular weight is 274 g/mol. The Morgan fingerprint density at radius 1 is 1.30 bits per heavy atom. The zero-order valence-electron chi connectivity index (χ0n) is 12.6. The molecule has 4 nitrogen and oxygen atoms in total. The highest BCUT2D eigenvalue weighted by molar-refractivity contribution is 5.37. The van der Waals surface area contributed by atoms with Crippen LogP contribution in [0.1, 0.15) is 35.5 Å². The summed E-state index contributed by atoms with van der Waals surface area (Å²) in [6.07, 6.45) is -0.0328. The van der Waals surface area contributed by atoms with Crippen molar-refractivity contribution in [3.8, 4) is 5.75 Å². The molecule has 1 aromatic heterocycles. The monoisotopic (exact) mass is 274 g/mol. The van der Waals surface area contributed by atoms with Gasteiger partial charge in [-0.15, -0.1) is 0 Å². The standard InChI is InChI=1S/C16H22N2O2/c1-5-20-16-9-7-6-8-13(16)15(19)10-14-11(2)17-18(4)12(14)3/h6-9,15,19H,5,10H2,1-4H3. The number of ether oxygens (including phenoxy) is 1. The molecule has 0 saturated heterocycles. The van der Waals surface area contributed by atoms with E-state index in [9.17, 15) is 5.11 Å². The first-order valence-electron chi connectivity index (χ1n) is 6.93. The molecule has 2 rings (SSSR count). The van der Waals surface area contributed by atoms with Gasteiger partial charge >= 0.3 is 0 Å². The minimum Gasteiger partial charge on any atom is -0.493 e. The lowest BCUT2D eigenvalue weighted by atomic mass is 9.99. The van der Waals surface area contributed by atoms with Gasteiger partial charge in [0.25, 0.3) is 0 Å². The number of aliphatic hydroxyl groups excluding tert-OH is 1. The highest BCUT2D eigenvalue weighted by Gasteiger charge is 2.18. The fourth-order valence-electron chi connectivity index (χ4n) is 2.46. The zero-order valence-corrected chi connectivity index (χ0v) is 12.6. The molecule has 2 aromatic rings. The Hall–Kier alpha value is -1.81. The molecule has 0 spiro atoms. The first-order valence-corrected chi connectivity index (χ1v) is 6.93. The zero-order chi connectivity index (χ0) is 14.7. The van der Waals surface area contributed by atoms with Gasteiger partial charge in [-0.3, -0.25) is 4.68 Å². The van der Waals surface area contributed by atoms with Crippen LogP contribution in [0.4, 0.5) is 0 Å². The van der Waals surface area contributed by atoms with Crippen molar-refractivity contribution in [3.63, 3.8) is 0 Å². The number of benzene rings is 1. The Morgan fingerprint density at radius 2 is 2.00 bits per heavy atom. The van der Waals surface area contributed by atoms with Crippen LogP contribution in [0.2, 0.25) is 0 Å². The molecule has 20 heavy (non-hydrogen) atoms. The smallest absolute Gasteiger partial charge is 0.125 e. The summed E-state index contributed by atoms with van der Waals surface area (Å²) < 4.78 is 7.43. The van der Waals surface area contributed by atoms with Crippen molar-refractivity contribution in [1.82, 2.24) is 9.78 Å². The molecule has 0 aliphatic heterocycles. The van der Waals surface area contributed by atoms with Crippen molar-refractivity contribution in [2.24, 2.45) is 7.05 Å². The van der Waals surface area contributed by atoms with Gasteiger partial charge in [-0.25, -0.2) is 0 Å². The molecule has 0 bridgehead atoms. The third-order valence-corrected chi connectivity index (χ3v) is 3.63. The third-order valence-electron chi connectivity index (χ3n) is 3.63.